The van der Waals surface area contributed by atoms with Crippen LogP contribution in [0.5, 0.6) is 0 Å². The molecule has 2 amide bonds. The van der Waals surface area contributed by atoms with Gasteiger partial charge in [0, 0.05) is 32.4 Å². The van der Waals surface area contributed by atoms with Gasteiger partial charge in [-0.3, -0.25) is 0 Å². The van der Waals surface area contributed by atoms with Crippen LogP contribution in [-0.4, -0.2) is 37.7 Å². The summed E-state index contributed by atoms with van der Waals surface area (Å²) in [7, 11) is 1.64. The van der Waals surface area contributed by atoms with Crippen molar-refractivity contribution in [3.63, 3.8) is 0 Å². The van der Waals surface area contributed by atoms with Crippen molar-refractivity contribution in [2.75, 3.05) is 32.1 Å². The summed E-state index contributed by atoms with van der Waals surface area (Å²) in [5.74, 6) is 0.414. The number of carbonyl (C=O) groups excluding carboxylic acids is 1. The third kappa shape index (κ3) is 5.59. The summed E-state index contributed by atoms with van der Waals surface area (Å²) in [6.45, 7) is 6.50. The van der Waals surface area contributed by atoms with Gasteiger partial charge in [-0.25, -0.2) is 4.79 Å². The van der Waals surface area contributed by atoms with Crippen LogP contribution in [0.3, 0.4) is 0 Å². The Kier molecular flexibility index (Phi) is 7.04. The Hall–Kier alpha value is -1.59. The summed E-state index contributed by atoms with van der Waals surface area (Å²) in [6.07, 6.45) is 0. The summed E-state index contributed by atoms with van der Waals surface area (Å²) in [4.78, 5) is 14.0. The molecule has 0 aliphatic carbocycles. The van der Waals surface area contributed by atoms with Gasteiger partial charge in [0.15, 0.2) is 0 Å². The van der Waals surface area contributed by atoms with Gasteiger partial charge < -0.3 is 20.7 Å². The maximum absolute atomic E-state index is 12.2. The molecule has 0 saturated heterocycles. The van der Waals surface area contributed by atoms with Gasteiger partial charge in [-0.2, -0.15) is 0 Å². The number of ether oxygens (including phenoxy) is 1. The number of anilines is 1. The van der Waals surface area contributed by atoms with Crippen LogP contribution in [0.4, 0.5) is 10.5 Å². The average Bonchev–Trinajstić information content (AvgIpc) is 2.43. The van der Waals surface area contributed by atoms with Crippen LogP contribution in [0.2, 0.25) is 0 Å². The van der Waals surface area contributed by atoms with E-state index in [2.05, 4.69) is 19.2 Å². The van der Waals surface area contributed by atoms with Crippen molar-refractivity contribution >= 4 is 11.7 Å². The van der Waals surface area contributed by atoms with E-state index in [1.165, 1.54) is 0 Å². The molecule has 0 unspecified atom stereocenters. The highest BCUT2D eigenvalue weighted by Crippen LogP contribution is 2.10. The second-order valence-corrected chi connectivity index (χ2v) is 5.16. The van der Waals surface area contributed by atoms with E-state index in [0.29, 0.717) is 32.2 Å². The maximum Gasteiger partial charge on any atom is 0.321 e. The number of nitrogens with two attached hydrogens (primary N) is 1. The monoisotopic (exact) mass is 279 g/mol. The van der Waals surface area contributed by atoms with Crippen molar-refractivity contribution in [2.45, 2.75) is 20.4 Å². The van der Waals surface area contributed by atoms with E-state index in [0.717, 1.165) is 11.3 Å². The van der Waals surface area contributed by atoms with Crippen molar-refractivity contribution in [3.05, 3.63) is 29.8 Å². The largest absolute Gasteiger partial charge is 0.383 e. The van der Waals surface area contributed by atoms with Gasteiger partial charge in [0.2, 0.25) is 0 Å². The molecule has 1 aromatic rings. The zero-order valence-electron chi connectivity index (χ0n) is 12.6. The fourth-order valence-electron chi connectivity index (χ4n) is 1.84. The SMILES string of the molecule is COCCN(CC(C)C)C(=O)Nc1ccc(CN)cc1. The summed E-state index contributed by atoms with van der Waals surface area (Å²) in [5.41, 5.74) is 7.37. The summed E-state index contributed by atoms with van der Waals surface area (Å²) in [6, 6.07) is 7.46. The second-order valence-electron chi connectivity index (χ2n) is 5.16. The quantitative estimate of drug-likeness (QED) is 0.804. The lowest BCUT2D eigenvalue weighted by Gasteiger charge is -2.24. The first-order chi connectivity index (χ1) is 9.56. The fourth-order valence-corrected chi connectivity index (χ4v) is 1.84. The average molecular weight is 279 g/mol. The Morgan fingerprint density at radius 3 is 2.50 bits per heavy atom. The number of nitrogens with one attached hydrogen (secondary N) is 1. The molecule has 0 aliphatic rings. The Bertz CT molecular complexity index is 404. The third-order valence-electron chi connectivity index (χ3n) is 2.88. The lowest BCUT2D eigenvalue weighted by Crippen LogP contribution is -2.39. The maximum atomic E-state index is 12.2. The molecule has 0 saturated carbocycles. The van der Waals surface area contributed by atoms with E-state index in [4.69, 9.17) is 10.5 Å². The Labute approximate surface area is 121 Å². The zero-order chi connectivity index (χ0) is 15.0. The van der Waals surface area contributed by atoms with Crippen LogP contribution in [0.1, 0.15) is 19.4 Å². The molecular weight excluding hydrogens is 254 g/mol. The molecule has 0 heterocycles. The molecule has 1 rings (SSSR count). The van der Waals surface area contributed by atoms with E-state index in [1.807, 2.05) is 24.3 Å². The molecular formula is C15H25N3O2. The molecule has 3 N–H and O–H groups in total. The molecule has 0 fully saturated rings. The number of hydrogen-bond donors (Lipinski definition) is 2. The van der Waals surface area contributed by atoms with Crippen LogP contribution in [0, 0.1) is 5.92 Å². The molecule has 0 aromatic heterocycles. The first kappa shape index (κ1) is 16.5. The zero-order valence-corrected chi connectivity index (χ0v) is 12.6. The Balaban J connectivity index is 2.63. The molecule has 0 atom stereocenters. The third-order valence-corrected chi connectivity index (χ3v) is 2.88. The van der Waals surface area contributed by atoms with Crippen LogP contribution >= 0.6 is 0 Å². The minimum Gasteiger partial charge on any atom is -0.383 e. The first-order valence-electron chi connectivity index (χ1n) is 6.90. The van der Waals surface area contributed by atoms with Gasteiger partial charge in [-0.15, -0.1) is 0 Å². The van der Waals surface area contributed by atoms with Gasteiger partial charge in [0.05, 0.1) is 6.61 Å². The molecule has 0 spiro atoms. The molecule has 0 radical (unpaired) electrons. The van der Waals surface area contributed by atoms with Crippen molar-refractivity contribution in [1.82, 2.24) is 4.90 Å². The van der Waals surface area contributed by atoms with Crippen LogP contribution in [0.25, 0.3) is 0 Å². The topological polar surface area (TPSA) is 67.6 Å². The van der Waals surface area contributed by atoms with Crippen LogP contribution < -0.4 is 11.1 Å². The number of nitrogens with zero attached hydrogens (tertiary/aromatic N) is 1. The first-order valence-corrected chi connectivity index (χ1v) is 6.90. The molecule has 5 heteroatoms. The van der Waals surface area contributed by atoms with E-state index in [9.17, 15) is 4.79 Å². The van der Waals surface area contributed by atoms with E-state index in [1.54, 1.807) is 12.0 Å². The molecule has 112 valence electrons. The Morgan fingerprint density at radius 1 is 1.35 bits per heavy atom. The van der Waals surface area contributed by atoms with E-state index in [-0.39, 0.29) is 6.03 Å². The number of carbonyl (C=O) groups is 1. The lowest BCUT2D eigenvalue weighted by atomic mass is 10.2. The van der Waals surface area contributed by atoms with Gasteiger partial charge in [-0.05, 0) is 23.6 Å². The van der Waals surface area contributed by atoms with Crippen molar-refractivity contribution in [1.29, 1.82) is 0 Å². The minimum absolute atomic E-state index is 0.101. The number of urea groups is 1. The van der Waals surface area contributed by atoms with E-state index >= 15 is 0 Å². The number of methoxy groups -OCH3 is 1. The number of hydrogen-bond acceptors (Lipinski definition) is 3. The van der Waals surface area contributed by atoms with Crippen molar-refractivity contribution in [3.8, 4) is 0 Å². The fraction of sp³-hybridized carbons (Fsp3) is 0.533. The predicted octanol–water partition coefficient (Wildman–Crippen LogP) is 2.28. The normalized spacial score (nSPS) is 10.7. The molecule has 1 aromatic carbocycles. The Morgan fingerprint density at radius 2 is 2.00 bits per heavy atom. The van der Waals surface area contributed by atoms with Crippen molar-refractivity contribution < 1.29 is 9.53 Å². The molecule has 20 heavy (non-hydrogen) atoms. The molecule has 0 aliphatic heterocycles. The standard InChI is InChI=1S/C15H25N3O2/c1-12(2)11-18(8-9-20-3)15(19)17-14-6-4-13(10-16)5-7-14/h4-7,12H,8-11,16H2,1-3H3,(H,17,19). The van der Waals surface area contributed by atoms with Crippen LogP contribution in [-0.2, 0) is 11.3 Å². The van der Waals surface area contributed by atoms with Gasteiger partial charge in [-0.1, -0.05) is 26.0 Å². The van der Waals surface area contributed by atoms with Crippen LogP contribution in [0.15, 0.2) is 24.3 Å². The summed E-state index contributed by atoms with van der Waals surface area (Å²) < 4.78 is 5.05. The number of rotatable bonds is 7. The lowest BCUT2D eigenvalue weighted by molar-refractivity contribution is 0.150. The molecule has 5 nitrogen and oxygen atoms in total. The number of benzene rings is 1. The highest BCUT2D eigenvalue weighted by molar-refractivity contribution is 5.89. The van der Waals surface area contributed by atoms with Gasteiger partial charge in [0.1, 0.15) is 0 Å². The van der Waals surface area contributed by atoms with E-state index < -0.39 is 0 Å². The smallest absolute Gasteiger partial charge is 0.321 e. The summed E-state index contributed by atoms with van der Waals surface area (Å²) >= 11 is 0. The second kappa shape index (κ2) is 8.55. The number of amides is 2. The van der Waals surface area contributed by atoms with Gasteiger partial charge in [0.25, 0.3) is 0 Å². The highest BCUT2D eigenvalue weighted by atomic mass is 16.5. The summed E-state index contributed by atoms with van der Waals surface area (Å²) in [5, 5.41) is 2.90. The van der Waals surface area contributed by atoms with Gasteiger partial charge >= 0.3 is 6.03 Å². The predicted molar refractivity (Wildman–Crippen MR) is 81.6 cm³/mol. The van der Waals surface area contributed by atoms with Crippen molar-refractivity contribution in [2.24, 2.45) is 11.7 Å². The molecule has 0 bridgehead atoms. The highest BCUT2D eigenvalue weighted by Gasteiger charge is 2.14. The minimum atomic E-state index is -0.101.